The molecule has 7 heteroatoms. The lowest BCUT2D eigenvalue weighted by molar-refractivity contribution is 0.174. The first-order valence-electron chi connectivity index (χ1n) is 6.05. The standard InChI is InChI=1S/C13H10N4O2S/c1-2-9-10(19-7-18-9)3-8(1)4-20-13-11-12(15-5-14-11)16-6-17-13/h1-3,5-6H,4,7H2,(H,14,15,16,17). The van der Waals surface area contributed by atoms with E-state index in [1.165, 1.54) is 6.33 Å². The second kappa shape index (κ2) is 4.68. The van der Waals surface area contributed by atoms with Crippen molar-refractivity contribution in [2.24, 2.45) is 0 Å². The van der Waals surface area contributed by atoms with Crippen molar-refractivity contribution in [1.82, 2.24) is 19.9 Å². The number of hydrogen-bond acceptors (Lipinski definition) is 6. The molecule has 0 spiro atoms. The van der Waals surface area contributed by atoms with Gasteiger partial charge in [0.2, 0.25) is 6.79 Å². The molecular formula is C13H10N4O2S. The summed E-state index contributed by atoms with van der Waals surface area (Å²) in [5.41, 5.74) is 2.72. The summed E-state index contributed by atoms with van der Waals surface area (Å²) in [7, 11) is 0. The predicted octanol–water partition coefficient (Wildman–Crippen LogP) is 2.37. The number of benzene rings is 1. The van der Waals surface area contributed by atoms with E-state index in [2.05, 4.69) is 19.9 Å². The van der Waals surface area contributed by atoms with Crippen LogP contribution in [-0.2, 0) is 5.75 Å². The van der Waals surface area contributed by atoms with Gasteiger partial charge < -0.3 is 14.5 Å². The van der Waals surface area contributed by atoms with Crippen molar-refractivity contribution in [2.75, 3.05) is 6.79 Å². The van der Waals surface area contributed by atoms with E-state index in [0.29, 0.717) is 12.4 Å². The third-order valence-electron chi connectivity index (χ3n) is 3.00. The smallest absolute Gasteiger partial charge is 0.231 e. The zero-order valence-electron chi connectivity index (χ0n) is 10.4. The molecule has 0 fully saturated rings. The van der Waals surface area contributed by atoms with Gasteiger partial charge in [0, 0.05) is 5.75 Å². The number of hydrogen-bond donors (Lipinski definition) is 1. The van der Waals surface area contributed by atoms with Crippen molar-refractivity contribution < 1.29 is 9.47 Å². The molecule has 6 nitrogen and oxygen atoms in total. The third-order valence-corrected chi connectivity index (χ3v) is 4.06. The monoisotopic (exact) mass is 286 g/mol. The van der Waals surface area contributed by atoms with Gasteiger partial charge in [-0.3, -0.25) is 0 Å². The van der Waals surface area contributed by atoms with Gasteiger partial charge in [-0.05, 0) is 17.7 Å². The molecule has 1 N–H and O–H groups in total. The summed E-state index contributed by atoms with van der Waals surface area (Å²) in [5, 5.41) is 0.894. The maximum absolute atomic E-state index is 5.38. The molecule has 3 heterocycles. The number of aromatic nitrogens is 4. The molecule has 3 aromatic rings. The minimum Gasteiger partial charge on any atom is -0.454 e. The maximum Gasteiger partial charge on any atom is 0.231 e. The summed E-state index contributed by atoms with van der Waals surface area (Å²) >= 11 is 1.63. The minimum atomic E-state index is 0.298. The van der Waals surface area contributed by atoms with E-state index in [0.717, 1.165) is 33.4 Å². The number of nitrogens with one attached hydrogen (secondary N) is 1. The molecule has 0 atom stereocenters. The summed E-state index contributed by atoms with van der Waals surface area (Å²) in [6, 6.07) is 5.97. The number of aromatic amines is 1. The largest absolute Gasteiger partial charge is 0.454 e. The molecular weight excluding hydrogens is 276 g/mol. The molecule has 0 aliphatic carbocycles. The molecule has 1 aliphatic heterocycles. The molecule has 100 valence electrons. The number of nitrogens with zero attached hydrogens (tertiary/aromatic N) is 3. The summed E-state index contributed by atoms with van der Waals surface area (Å²) in [4.78, 5) is 15.6. The van der Waals surface area contributed by atoms with Crippen LogP contribution in [0.2, 0.25) is 0 Å². The topological polar surface area (TPSA) is 72.9 Å². The molecule has 1 aliphatic rings. The second-order valence-corrected chi connectivity index (χ2v) is 5.22. The molecule has 0 unspecified atom stereocenters. The van der Waals surface area contributed by atoms with Gasteiger partial charge in [-0.15, -0.1) is 0 Å². The Hall–Kier alpha value is -2.28. The fourth-order valence-corrected chi connectivity index (χ4v) is 2.93. The molecule has 2 aromatic heterocycles. The maximum atomic E-state index is 5.38. The van der Waals surface area contributed by atoms with Crippen molar-refractivity contribution in [3.63, 3.8) is 0 Å². The van der Waals surface area contributed by atoms with Crippen LogP contribution in [0.1, 0.15) is 5.56 Å². The van der Waals surface area contributed by atoms with E-state index in [1.807, 2.05) is 18.2 Å². The molecule has 0 saturated carbocycles. The number of H-pyrrole nitrogens is 1. The van der Waals surface area contributed by atoms with Crippen molar-refractivity contribution in [3.05, 3.63) is 36.4 Å². The van der Waals surface area contributed by atoms with E-state index >= 15 is 0 Å². The third kappa shape index (κ3) is 1.96. The number of fused-ring (bicyclic) bond motifs is 2. The Bertz CT molecular complexity index is 774. The second-order valence-electron chi connectivity index (χ2n) is 4.26. The Kier molecular flexibility index (Phi) is 2.70. The number of thioether (sulfide) groups is 1. The highest BCUT2D eigenvalue weighted by molar-refractivity contribution is 7.98. The van der Waals surface area contributed by atoms with Gasteiger partial charge in [0.05, 0.1) is 6.33 Å². The molecule has 0 bridgehead atoms. The van der Waals surface area contributed by atoms with Crippen LogP contribution in [-0.4, -0.2) is 26.7 Å². The Morgan fingerprint density at radius 1 is 1.15 bits per heavy atom. The molecule has 4 rings (SSSR count). The van der Waals surface area contributed by atoms with Crippen LogP contribution in [0.5, 0.6) is 11.5 Å². The Labute approximate surface area is 118 Å². The number of rotatable bonds is 3. The van der Waals surface area contributed by atoms with E-state index in [-0.39, 0.29) is 0 Å². The van der Waals surface area contributed by atoms with E-state index in [1.54, 1.807) is 18.1 Å². The van der Waals surface area contributed by atoms with Gasteiger partial charge >= 0.3 is 0 Å². The first-order valence-corrected chi connectivity index (χ1v) is 7.04. The fourth-order valence-electron chi connectivity index (χ4n) is 2.03. The zero-order chi connectivity index (χ0) is 13.4. The lowest BCUT2D eigenvalue weighted by Crippen LogP contribution is -1.92. The minimum absolute atomic E-state index is 0.298. The Morgan fingerprint density at radius 2 is 2.10 bits per heavy atom. The highest BCUT2D eigenvalue weighted by Crippen LogP contribution is 2.34. The first kappa shape index (κ1) is 11.5. The van der Waals surface area contributed by atoms with Crippen LogP contribution in [0.4, 0.5) is 0 Å². The van der Waals surface area contributed by atoms with Crippen molar-refractivity contribution in [2.45, 2.75) is 10.8 Å². The zero-order valence-corrected chi connectivity index (χ0v) is 11.2. The quantitative estimate of drug-likeness (QED) is 0.588. The van der Waals surface area contributed by atoms with Crippen molar-refractivity contribution in [3.8, 4) is 11.5 Å². The van der Waals surface area contributed by atoms with Crippen LogP contribution in [0.3, 0.4) is 0 Å². The average Bonchev–Trinajstić information content (AvgIpc) is 3.13. The molecule has 20 heavy (non-hydrogen) atoms. The average molecular weight is 286 g/mol. The number of ether oxygens (including phenoxy) is 2. The molecule has 0 radical (unpaired) electrons. The van der Waals surface area contributed by atoms with Crippen LogP contribution in [0.25, 0.3) is 11.2 Å². The Morgan fingerprint density at radius 3 is 3.10 bits per heavy atom. The molecule has 0 saturated heterocycles. The highest BCUT2D eigenvalue weighted by Gasteiger charge is 2.13. The van der Waals surface area contributed by atoms with Crippen molar-refractivity contribution in [1.29, 1.82) is 0 Å². The molecule has 0 amide bonds. The van der Waals surface area contributed by atoms with E-state index in [4.69, 9.17) is 9.47 Å². The molecule has 1 aromatic carbocycles. The first-order chi connectivity index (χ1) is 9.90. The van der Waals surface area contributed by atoms with Crippen LogP contribution >= 0.6 is 11.8 Å². The van der Waals surface area contributed by atoms with Gasteiger partial charge in [-0.2, -0.15) is 0 Å². The predicted molar refractivity (Wildman–Crippen MR) is 73.8 cm³/mol. The van der Waals surface area contributed by atoms with Gasteiger partial charge in [0.15, 0.2) is 17.1 Å². The van der Waals surface area contributed by atoms with Gasteiger partial charge in [-0.25, -0.2) is 15.0 Å². The normalized spacial score (nSPS) is 13.0. The summed E-state index contributed by atoms with van der Waals surface area (Å²) < 4.78 is 10.7. The van der Waals surface area contributed by atoms with Gasteiger partial charge in [-0.1, -0.05) is 17.8 Å². The van der Waals surface area contributed by atoms with Crippen LogP contribution < -0.4 is 9.47 Å². The van der Waals surface area contributed by atoms with Crippen LogP contribution in [0.15, 0.2) is 35.9 Å². The van der Waals surface area contributed by atoms with Gasteiger partial charge in [0.1, 0.15) is 16.9 Å². The van der Waals surface area contributed by atoms with Crippen LogP contribution in [0, 0.1) is 0 Å². The lowest BCUT2D eigenvalue weighted by atomic mass is 10.2. The summed E-state index contributed by atoms with van der Waals surface area (Å²) in [6.07, 6.45) is 3.16. The van der Waals surface area contributed by atoms with Gasteiger partial charge in [0.25, 0.3) is 0 Å². The lowest BCUT2D eigenvalue weighted by Gasteiger charge is -2.03. The number of imidazole rings is 1. The van der Waals surface area contributed by atoms with E-state index in [9.17, 15) is 0 Å². The summed E-state index contributed by atoms with van der Waals surface area (Å²) in [6.45, 7) is 0.298. The van der Waals surface area contributed by atoms with Crippen molar-refractivity contribution >= 4 is 22.9 Å². The summed E-state index contributed by atoms with van der Waals surface area (Å²) in [5.74, 6) is 2.40. The SMILES string of the molecule is c1nc(SCc2ccc3c(c2)OCO3)c2[nH]cnc2n1. The van der Waals surface area contributed by atoms with E-state index < -0.39 is 0 Å². The highest BCUT2D eigenvalue weighted by atomic mass is 32.2. The fraction of sp³-hybridized carbons (Fsp3) is 0.154. The Balaban J connectivity index is 1.57.